The van der Waals surface area contributed by atoms with Crippen molar-refractivity contribution in [3.8, 4) is 0 Å². The number of hydrogen-bond donors (Lipinski definition) is 1. The van der Waals surface area contributed by atoms with Crippen LogP contribution in [0.15, 0.2) is 29.7 Å². The largest absolute Gasteiger partial charge is 0.303 e. The minimum atomic E-state index is -2.98. The fourth-order valence-electron chi connectivity index (χ4n) is 2.40. The Morgan fingerprint density at radius 2 is 2.06 bits per heavy atom. The smallest absolute Gasteiger partial charge is 0.173 e. The molecule has 1 aliphatic heterocycles. The zero-order chi connectivity index (χ0) is 13.3. The van der Waals surface area contributed by atoms with E-state index in [1.54, 1.807) is 6.08 Å². The molecule has 0 saturated heterocycles. The zero-order valence-electron chi connectivity index (χ0n) is 11.0. The van der Waals surface area contributed by atoms with E-state index in [0.717, 1.165) is 0 Å². The van der Waals surface area contributed by atoms with Gasteiger partial charge in [-0.3, -0.25) is 0 Å². The van der Waals surface area contributed by atoms with Gasteiger partial charge >= 0.3 is 0 Å². The summed E-state index contributed by atoms with van der Waals surface area (Å²) in [6.45, 7) is 6.22. The maximum Gasteiger partial charge on any atom is 0.173 e. The van der Waals surface area contributed by atoms with Crippen LogP contribution in [-0.4, -0.2) is 20.2 Å². The highest BCUT2D eigenvalue weighted by Crippen LogP contribution is 2.20. The molecule has 0 radical (unpaired) electrons. The van der Waals surface area contributed by atoms with E-state index in [9.17, 15) is 8.42 Å². The second-order valence-corrected chi connectivity index (χ2v) is 6.94. The molecule has 1 aromatic carbocycles. The molecule has 2 atom stereocenters. The Hall–Kier alpha value is -1.13. The molecule has 3 nitrogen and oxygen atoms in total. The van der Waals surface area contributed by atoms with Crippen LogP contribution in [0, 0.1) is 13.8 Å². The Morgan fingerprint density at radius 3 is 2.61 bits per heavy atom. The third kappa shape index (κ3) is 3.00. The van der Waals surface area contributed by atoms with E-state index in [4.69, 9.17) is 0 Å². The molecule has 0 aromatic heterocycles. The van der Waals surface area contributed by atoms with Crippen LogP contribution in [0.2, 0.25) is 0 Å². The summed E-state index contributed by atoms with van der Waals surface area (Å²) in [5.41, 5.74) is 3.70. The van der Waals surface area contributed by atoms with Gasteiger partial charge in [0.2, 0.25) is 0 Å². The Bertz CT molecular complexity index is 575. The van der Waals surface area contributed by atoms with Gasteiger partial charge in [-0.2, -0.15) is 0 Å². The van der Waals surface area contributed by atoms with Crippen molar-refractivity contribution in [1.29, 1.82) is 0 Å². The number of benzene rings is 1. The fourth-order valence-corrected chi connectivity index (χ4v) is 3.65. The van der Waals surface area contributed by atoms with Crippen molar-refractivity contribution in [2.24, 2.45) is 0 Å². The summed E-state index contributed by atoms with van der Waals surface area (Å²) in [5.74, 6) is 0.169. The van der Waals surface area contributed by atoms with Gasteiger partial charge in [0.05, 0.1) is 5.75 Å². The summed E-state index contributed by atoms with van der Waals surface area (Å²) in [7, 11) is -2.98. The highest BCUT2D eigenvalue weighted by atomic mass is 32.2. The molecular formula is C14H19NO2S. The van der Waals surface area contributed by atoms with Gasteiger partial charge in [-0.05, 0) is 31.9 Å². The lowest BCUT2D eigenvalue weighted by molar-refractivity contribution is 0.533. The number of nitrogens with one attached hydrogen (secondary N) is 1. The second kappa shape index (κ2) is 4.86. The van der Waals surface area contributed by atoms with Crippen molar-refractivity contribution in [2.75, 3.05) is 5.75 Å². The molecule has 98 valence electrons. The van der Waals surface area contributed by atoms with E-state index in [2.05, 4.69) is 44.3 Å². The number of sulfone groups is 1. The van der Waals surface area contributed by atoms with Crippen LogP contribution in [0.25, 0.3) is 0 Å². The van der Waals surface area contributed by atoms with E-state index in [-0.39, 0.29) is 17.8 Å². The minimum absolute atomic E-state index is 0.0781. The van der Waals surface area contributed by atoms with Crippen molar-refractivity contribution in [3.05, 3.63) is 46.4 Å². The topological polar surface area (TPSA) is 46.2 Å². The molecule has 2 unspecified atom stereocenters. The van der Waals surface area contributed by atoms with Crippen LogP contribution in [0.1, 0.15) is 29.7 Å². The first-order valence-corrected chi connectivity index (χ1v) is 7.83. The summed E-state index contributed by atoms with van der Waals surface area (Å²) in [6.07, 6.45) is 1.73. The Labute approximate surface area is 109 Å². The van der Waals surface area contributed by atoms with Gasteiger partial charge in [0.15, 0.2) is 9.84 Å². The second-order valence-electron chi connectivity index (χ2n) is 5.01. The quantitative estimate of drug-likeness (QED) is 0.912. The summed E-state index contributed by atoms with van der Waals surface area (Å²) < 4.78 is 22.7. The molecule has 1 heterocycles. The van der Waals surface area contributed by atoms with Gasteiger partial charge in [0, 0.05) is 17.5 Å². The van der Waals surface area contributed by atoms with Gasteiger partial charge in [-0.1, -0.05) is 29.8 Å². The Balaban J connectivity index is 2.09. The van der Waals surface area contributed by atoms with Gasteiger partial charge in [0.25, 0.3) is 0 Å². The van der Waals surface area contributed by atoms with Crippen LogP contribution in [0.4, 0.5) is 0 Å². The van der Waals surface area contributed by atoms with Crippen molar-refractivity contribution in [2.45, 2.75) is 32.9 Å². The maximum absolute atomic E-state index is 11.3. The third-order valence-electron chi connectivity index (χ3n) is 3.29. The molecule has 0 bridgehead atoms. The normalized spacial score (nSPS) is 23.2. The molecule has 0 spiro atoms. The van der Waals surface area contributed by atoms with Crippen LogP contribution in [0.5, 0.6) is 0 Å². The van der Waals surface area contributed by atoms with Gasteiger partial charge < -0.3 is 5.32 Å². The standard InChI is InChI=1S/C14H19NO2S/c1-10-4-5-14(11(2)8-10)12(3)15-13-6-7-18(16,17)9-13/h4-8,12-13,15H,9H2,1-3H3. The molecule has 0 fully saturated rings. The molecule has 1 N–H and O–H groups in total. The maximum atomic E-state index is 11.3. The summed E-state index contributed by atoms with van der Waals surface area (Å²) in [6, 6.07) is 6.41. The Kier molecular flexibility index (Phi) is 3.59. The van der Waals surface area contributed by atoms with E-state index in [0.29, 0.717) is 0 Å². The van der Waals surface area contributed by atoms with Crippen molar-refractivity contribution < 1.29 is 8.42 Å². The summed E-state index contributed by atoms with van der Waals surface area (Å²) >= 11 is 0. The molecule has 2 rings (SSSR count). The summed E-state index contributed by atoms with van der Waals surface area (Å²) in [4.78, 5) is 0. The van der Waals surface area contributed by atoms with Gasteiger partial charge in [-0.15, -0.1) is 0 Å². The van der Waals surface area contributed by atoms with Crippen molar-refractivity contribution >= 4 is 9.84 Å². The first-order chi connectivity index (χ1) is 8.37. The lowest BCUT2D eigenvalue weighted by Crippen LogP contribution is -2.32. The van der Waals surface area contributed by atoms with E-state index in [1.165, 1.54) is 22.1 Å². The van der Waals surface area contributed by atoms with Gasteiger partial charge in [-0.25, -0.2) is 8.42 Å². The molecular weight excluding hydrogens is 246 g/mol. The average Bonchev–Trinajstić information content (AvgIpc) is 2.57. The SMILES string of the molecule is Cc1ccc(C(C)NC2C=CS(=O)(=O)C2)c(C)c1. The van der Waals surface area contributed by atoms with Crippen molar-refractivity contribution in [3.63, 3.8) is 0 Å². The number of rotatable bonds is 3. The Morgan fingerprint density at radius 1 is 1.33 bits per heavy atom. The molecule has 1 aliphatic rings. The first-order valence-electron chi connectivity index (χ1n) is 6.11. The number of hydrogen-bond acceptors (Lipinski definition) is 3. The van der Waals surface area contributed by atoms with Crippen LogP contribution in [-0.2, 0) is 9.84 Å². The van der Waals surface area contributed by atoms with E-state index < -0.39 is 9.84 Å². The van der Waals surface area contributed by atoms with Crippen LogP contribution >= 0.6 is 0 Å². The molecule has 0 saturated carbocycles. The lowest BCUT2D eigenvalue weighted by atomic mass is 10.00. The number of aryl methyl sites for hydroxylation is 2. The predicted octanol–water partition coefficient (Wildman–Crippen LogP) is 2.26. The van der Waals surface area contributed by atoms with Gasteiger partial charge in [0.1, 0.15) is 0 Å². The van der Waals surface area contributed by atoms with E-state index in [1.807, 2.05) is 0 Å². The zero-order valence-corrected chi connectivity index (χ0v) is 11.8. The van der Waals surface area contributed by atoms with E-state index >= 15 is 0 Å². The summed E-state index contributed by atoms with van der Waals surface area (Å²) in [5, 5.41) is 4.65. The predicted molar refractivity (Wildman–Crippen MR) is 74.2 cm³/mol. The molecule has 0 aliphatic carbocycles. The molecule has 1 aromatic rings. The molecule has 4 heteroatoms. The lowest BCUT2D eigenvalue weighted by Gasteiger charge is -2.20. The van der Waals surface area contributed by atoms with Crippen LogP contribution in [0.3, 0.4) is 0 Å². The monoisotopic (exact) mass is 265 g/mol. The van der Waals surface area contributed by atoms with Crippen LogP contribution < -0.4 is 5.32 Å². The first kappa shape index (κ1) is 13.3. The highest BCUT2D eigenvalue weighted by molar-refractivity contribution is 7.94. The molecule has 0 amide bonds. The van der Waals surface area contributed by atoms with Crippen molar-refractivity contribution in [1.82, 2.24) is 5.32 Å². The molecule has 18 heavy (non-hydrogen) atoms. The average molecular weight is 265 g/mol. The highest BCUT2D eigenvalue weighted by Gasteiger charge is 2.23. The third-order valence-corrected chi connectivity index (χ3v) is 4.68. The fraction of sp³-hybridized carbons (Fsp3) is 0.429. The minimum Gasteiger partial charge on any atom is -0.303 e.